The summed E-state index contributed by atoms with van der Waals surface area (Å²) in [5.41, 5.74) is 2.20. The van der Waals surface area contributed by atoms with Gasteiger partial charge in [0, 0.05) is 12.1 Å². The molecular weight excluding hydrogens is 222 g/mol. The highest BCUT2D eigenvalue weighted by Crippen LogP contribution is 2.27. The van der Waals surface area contributed by atoms with Gasteiger partial charge in [-0.2, -0.15) is 0 Å². The van der Waals surface area contributed by atoms with Gasteiger partial charge < -0.3 is 5.32 Å². The maximum Gasteiger partial charge on any atom is 0.224 e. The quantitative estimate of drug-likeness (QED) is 0.848. The second kappa shape index (κ2) is 6.58. The molecule has 1 N–H and O–H groups in total. The molecule has 0 saturated heterocycles. The standard InChI is InChI=1S/C16H23NO/c1-2-14-10-6-7-11-15(14)17-16(18)12-13-8-4-3-5-9-13/h6-7,10-11,13H,2-5,8-9,12H2,1H3,(H,17,18). The van der Waals surface area contributed by atoms with Crippen LogP contribution in [0.25, 0.3) is 0 Å². The molecule has 18 heavy (non-hydrogen) atoms. The maximum absolute atomic E-state index is 12.0. The molecule has 2 nitrogen and oxygen atoms in total. The number of carbonyl (C=O) groups excluding carboxylic acids is 1. The molecule has 1 aromatic rings. The summed E-state index contributed by atoms with van der Waals surface area (Å²) in [6.07, 6.45) is 8.04. The van der Waals surface area contributed by atoms with Gasteiger partial charge in [-0.25, -0.2) is 0 Å². The summed E-state index contributed by atoms with van der Waals surface area (Å²) >= 11 is 0. The highest BCUT2D eigenvalue weighted by atomic mass is 16.1. The van der Waals surface area contributed by atoms with Crippen molar-refractivity contribution in [2.45, 2.75) is 51.9 Å². The molecule has 0 bridgehead atoms. The van der Waals surface area contributed by atoms with Gasteiger partial charge in [0.2, 0.25) is 5.91 Å². The second-order valence-corrected chi connectivity index (χ2v) is 5.27. The first kappa shape index (κ1) is 13.1. The van der Waals surface area contributed by atoms with Crippen molar-refractivity contribution in [3.05, 3.63) is 29.8 Å². The number of rotatable bonds is 4. The van der Waals surface area contributed by atoms with Crippen LogP contribution in [0.5, 0.6) is 0 Å². The number of para-hydroxylation sites is 1. The largest absolute Gasteiger partial charge is 0.326 e. The predicted molar refractivity (Wildman–Crippen MR) is 75.6 cm³/mol. The van der Waals surface area contributed by atoms with Crippen molar-refractivity contribution in [3.8, 4) is 0 Å². The highest BCUT2D eigenvalue weighted by Gasteiger charge is 2.17. The van der Waals surface area contributed by atoms with E-state index in [9.17, 15) is 4.79 Å². The zero-order chi connectivity index (χ0) is 12.8. The molecule has 0 aromatic heterocycles. The van der Waals surface area contributed by atoms with Gasteiger partial charge in [0.1, 0.15) is 0 Å². The van der Waals surface area contributed by atoms with Crippen LogP contribution in [0.2, 0.25) is 0 Å². The Morgan fingerprint density at radius 1 is 1.22 bits per heavy atom. The Kier molecular flexibility index (Phi) is 4.80. The molecule has 0 unspecified atom stereocenters. The topological polar surface area (TPSA) is 29.1 Å². The Morgan fingerprint density at radius 2 is 1.94 bits per heavy atom. The average molecular weight is 245 g/mol. The minimum absolute atomic E-state index is 0.183. The molecule has 0 spiro atoms. The zero-order valence-electron chi connectivity index (χ0n) is 11.2. The second-order valence-electron chi connectivity index (χ2n) is 5.27. The van der Waals surface area contributed by atoms with E-state index >= 15 is 0 Å². The summed E-state index contributed by atoms with van der Waals surface area (Å²) in [5.74, 6) is 0.787. The first-order valence-electron chi connectivity index (χ1n) is 7.17. The Balaban J connectivity index is 1.90. The SMILES string of the molecule is CCc1ccccc1NC(=O)CC1CCCCC1. The summed E-state index contributed by atoms with van der Waals surface area (Å²) in [4.78, 5) is 12.0. The van der Waals surface area contributed by atoms with E-state index in [1.165, 1.54) is 37.7 Å². The van der Waals surface area contributed by atoms with Gasteiger partial charge in [-0.05, 0) is 36.8 Å². The zero-order valence-corrected chi connectivity index (χ0v) is 11.2. The summed E-state index contributed by atoms with van der Waals surface area (Å²) in [6.45, 7) is 2.12. The molecule has 1 aliphatic carbocycles. The van der Waals surface area contributed by atoms with Crippen LogP contribution in [0.3, 0.4) is 0 Å². The number of benzene rings is 1. The lowest BCUT2D eigenvalue weighted by Gasteiger charge is -2.21. The molecular formula is C16H23NO. The number of aryl methyl sites for hydroxylation is 1. The molecule has 1 aromatic carbocycles. The van der Waals surface area contributed by atoms with Crippen LogP contribution in [-0.4, -0.2) is 5.91 Å². The van der Waals surface area contributed by atoms with Gasteiger partial charge in [-0.1, -0.05) is 44.4 Å². The van der Waals surface area contributed by atoms with Crippen LogP contribution >= 0.6 is 0 Å². The minimum atomic E-state index is 0.183. The van der Waals surface area contributed by atoms with E-state index in [0.29, 0.717) is 12.3 Å². The highest BCUT2D eigenvalue weighted by molar-refractivity contribution is 5.91. The van der Waals surface area contributed by atoms with Gasteiger partial charge in [0.05, 0.1) is 0 Å². The fourth-order valence-corrected chi connectivity index (χ4v) is 2.81. The van der Waals surface area contributed by atoms with Crippen molar-refractivity contribution < 1.29 is 4.79 Å². The summed E-state index contributed by atoms with van der Waals surface area (Å²) in [6, 6.07) is 8.08. The van der Waals surface area contributed by atoms with Crippen molar-refractivity contribution in [3.63, 3.8) is 0 Å². The van der Waals surface area contributed by atoms with Gasteiger partial charge in [-0.3, -0.25) is 4.79 Å². The van der Waals surface area contributed by atoms with E-state index < -0.39 is 0 Å². The Labute approximate surface area is 110 Å². The first-order chi connectivity index (χ1) is 8.79. The molecule has 1 saturated carbocycles. The summed E-state index contributed by atoms with van der Waals surface area (Å²) in [7, 11) is 0. The van der Waals surface area contributed by atoms with E-state index in [1.807, 2.05) is 18.2 Å². The number of amides is 1. The molecule has 0 atom stereocenters. The van der Waals surface area contributed by atoms with Crippen LogP contribution in [0.4, 0.5) is 5.69 Å². The molecule has 2 rings (SSSR count). The summed E-state index contributed by atoms with van der Waals surface area (Å²) in [5, 5.41) is 3.07. The van der Waals surface area contributed by atoms with Crippen molar-refractivity contribution in [2.24, 2.45) is 5.92 Å². The van der Waals surface area contributed by atoms with E-state index in [4.69, 9.17) is 0 Å². The van der Waals surface area contributed by atoms with Crippen LogP contribution in [0.1, 0.15) is 51.0 Å². The van der Waals surface area contributed by atoms with Crippen molar-refractivity contribution in [2.75, 3.05) is 5.32 Å². The Hall–Kier alpha value is -1.31. The van der Waals surface area contributed by atoms with Gasteiger partial charge in [0.15, 0.2) is 0 Å². The van der Waals surface area contributed by atoms with Crippen LogP contribution in [-0.2, 0) is 11.2 Å². The fraction of sp³-hybridized carbons (Fsp3) is 0.562. The van der Waals surface area contributed by atoms with E-state index in [1.54, 1.807) is 0 Å². The third-order valence-corrected chi connectivity index (χ3v) is 3.87. The van der Waals surface area contributed by atoms with Crippen LogP contribution < -0.4 is 5.32 Å². The van der Waals surface area contributed by atoms with Crippen molar-refractivity contribution in [1.82, 2.24) is 0 Å². The molecule has 0 radical (unpaired) electrons. The van der Waals surface area contributed by atoms with E-state index in [2.05, 4.69) is 18.3 Å². The monoisotopic (exact) mass is 245 g/mol. The first-order valence-corrected chi connectivity index (χ1v) is 7.17. The molecule has 0 aliphatic heterocycles. The maximum atomic E-state index is 12.0. The smallest absolute Gasteiger partial charge is 0.224 e. The Morgan fingerprint density at radius 3 is 2.67 bits per heavy atom. The van der Waals surface area contributed by atoms with Gasteiger partial charge in [0.25, 0.3) is 0 Å². The van der Waals surface area contributed by atoms with Crippen molar-refractivity contribution >= 4 is 11.6 Å². The number of carbonyl (C=O) groups is 1. The normalized spacial score (nSPS) is 16.5. The minimum Gasteiger partial charge on any atom is -0.326 e. The number of hydrogen-bond acceptors (Lipinski definition) is 1. The van der Waals surface area contributed by atoms with E-state index in [0.717, 1.165) is 12.1 Å². The molecule has 1 amide bonds. The summed E-state index contributed by atoms with van der Waals surface area (Å²) < 4.78 is 0. The molecule has 98 valence electrons. The lowest BCUT2D eigenvalue weighted by molar-refractivity contribution is -0.117. The molecule has 1 aliphatic rings. The molecule has 1 fully saturated rings. The van der Waals surface area contributed by atoms with Gasteiger partial charge >= 0.3 is 0 Å². The third-order valence-electron chi connectivity index (χ3n) is 3.87. The number of anilines is 1. The number of nitrogens with one attached hydrogen (secondary N) is 1. The lowest BCUT2D eigenvalue weighted by atomic mass is 9.87. The third kappa shape index (κ3) is 3.59. The molecule has 2 heteroatoms. The number of hydrogen-bond donors (Lipinski definition) is 1. The molecule has 0 heterocycles. The van der Waals surface area contributed by atoms with Crippen LogP contribution in [0.15, 0.2) is 24.3 Å². The fourth-order valence-electron chi connectivity index (χ4n) is 2.81. The van der Waals surface area contributed by atoms with E-state index in [-0.39, 0.29) is 5.91 Å². The lowest BCUT2D eigenvalue weighted by Crippen LogP contribution is -2.18. The van der Waals surface area contributed by atoms with Crippen LogP contribution in [0, 0.1) is 5.92 Å². The predicted octanol–water partition coefficient (Wildman–Crippen LogP) is 4.16. The average Bonchev–Trinajstić information content (AvgIpc) is 2.40. The van der Waals surface area contributed by atoms with Gasteiger partial charge in [-0.15, -0.1) is 0 Å². The van der Waals surface area contributed by atoms with Crippen molar-refractivity contribution in [1.29, 1.82) is 0 Å². The Bertz CT molecular complexity index is 394.